The number of aromatic nitrogens is 2. The van der Waals surface area contributed by atoms with Crippen molar-refractivity contribution in [3.05, 3.63) is 53.3 Å². The molecule has 0 amide bonds. The number of aryl methyl sites for hydroxylation is 2. The molecule has 2 N–H and O–H groups in total. The molecule has 1 atom stereocenters. The zero-order valence-corrected chi connectivity index (χ0v) is 12.1. The van der Waals surface area contributed by atoms with E-state index in [1.807, 2.05) is 30.7 Å². The Morgan fingerprint density at radius 2 is 2.14 bits per heavy atom. The van der Waals surface area contributed by atoms with Gasteiger partial charge in [-0.05, 0) is 31.5 Å². The third-order valence-corrected chi connectivity index (χ3v) is 3.66. The first kappa shape index (κ1) is 13.8. The van der Waals surface area contributed by atoms with Gasteiger partial charge in [-0.3, -0.25) is 4.68 Å². The number of fused-ring (bicyclic) bond motifs is 1. The van der Waals surface area contributed by atoms with Gasteiger partial charge in [-0.1, -0.05) is 19.1 Å². The molecule has 2 heterocycles. The van der Waals surface area contributed by atoms with Crippen molar-refractivity contribution in [3.8, 4) is 0 Å². The summed E-state index contributed by atoms with van der Waals surface area (Å²) in [4.78, 5) is 0. The van der Waals surface area contributed by atoms with Crippen LogP contribution in [0, 0.1) is 5.82 Å². The normalized spacial score (nSPS) is 13.0. The van der Waals surface area contributed by atoms with Gasteiger partial charge in [-0.15, -0.1) is 0 Å². The van der Waals surface area contributed by atoms with Crippen molar-refractivity contribution < 1.29 is 8.81 Å². The SMILES string of the molecule is CCc1cc(C(N)c2cc3cccc(F)c3o2)n(CC)n1. The Labute approximate surface area is 122 Å². The van der Waals surface area contributed by atoms with E-state index in [9.17, 15) is 4.39 Å². The molecule has 3 aromatic rings. The zero-order valence-electron chi connectivity index (χ0n) is 12.1. The van der Waals surface area contributed by atoms with Gasteiger partial charge < -0.3 is 10.2 Å². The van der Waals surface area contributed by atoms with E-state index in [1.165, 1.54) is 6.07 Å². The van der Waals surface area contributed by atoms with E-state index in [0.717, 1.165) is 29.7 Å². The van der Waals surface area contributed by atoms with Crippen LogP contribution in [0.2, 0.25) is 0 Å². The van der Waals surface area contributed by atoms with Crippen molar-refractivity contribution in [2.45, 2.75) is 32.9 Å². The lowest BCUT2D eigenvalue weighted by Gasteiger charge is -2.10. The molecule has 1 unspecified atom stereocenters. The molecular weight excluding hydrogens is 269 g/mol. The maximum atomic E-state index is 13.7. The Kier molecular flexibility index (Phi) is 3.51. The molecule has 0 saturated carbocycles. The van der Waals surface area contributed by atoms with E-state index in [0.29, 0.717) is 5.76 Å². The number of nitrogens with two attached hydrogens (primary N) is 1. The van der Waals surface area contributed by atoms with Crippen molar-refractivity contribution in [2.24, 2.45) is 5.73 Å². The van der Waals surface area contributed by atoms with Gasteiger partial charge in [0.25, 0.3) is 0 Å². The largest absolute Gasteiger partial charge is 0.456 e. The first-order chi connectivity index (χ1) is 10.1. The van der Waals surface area contributed by atoms with E-state index in [1.54, 1.807) is 12.1 Å². The minimum Gasteiger partial charge on any atom is -0.456 e. The van der Waals surface area contributed by atoms with Gasteiger partial charge in [0.15, 0.2) is 11.4 Å². The molecule has 0 radical (unpaired) electrons. The first-order valence-corrected chi connectivity index (χ1v) is 7.14. The lowest BCUT2D eigenvalue weighted by atomic mass is 10.1. The zero-order chi connectivity index (χ0) is 15.0. The van der Waals surface area contributed by atoms with Crippen molar-refractivity contribution in [3.63, 3.8) is 0 Å². The second-order valence-electron chi connectivity index (χ2n) is 5.01. The van der Waals surface area contributed by atoms with Crippen LogP contribution >= 0.6 is 0 Å². The quantitative estimate of drug-likeness (QED) is 0.800. The van der Waals surface area contributed by atoms with E-state index < -0.39 is 6.04 Å². The van der Waals surface area contributed by atoms with Crippen LogP contribution in [0.3, 0.4) is 0 Å². The molecule has 0 aliphatic rings. The second-order valence-corrected chi connectivity index (χ2v) is 5.01. The number of halogens is 1. The van der Waals surface area contributed by atoms with Crippen LogP contribution in [0.4, 0.5) is 4.39 Å². The van der Waals surface area contributed by atoms with Gasteiger partial charge in [0.1, 0.15) is 11.8 Å². The highest BCUT2D eigenvalue weighted by Crippen LogP contribution is 2.28. The van der Waals surface area contributed by atoms with Crippen LogP contribution in [-0.2, 0) is 13.0 Å². The molecule has 0 fully saturated rings. The molecule has 2 aromatic heterocycles. The molecular formula is C16H18FN3O. The molecule has 0 aliphatic carbocycles. The van der Waals surface area contributed by atoms with E-state index >= 15 is 0 Å². The highest BCUT2D eigenvalue weighted by Gasteiger charge is 2.20. The summed E-state index contributed by atoms with van der Waals surface area (Å²) in [6, 6.07) is 8.18. The van der Waals surface area contributed by atoms with Crippen LogP contribution in [0.1, 0.15) is 37.0 Å². The average Bonchev–Trinajstić information content (AvgIpc) is 3.11. The molecule has 4 nitrogen and oxygen atoms in total. The lowest BCUT2D eigenvalue weighted by Crippen LogP contribution is -2.16. The van der Waals surface area contributed by atoms with Gasteiger partial charge in [0.05, 0.1) is 11.4 Å². The maximum Gasteiger partial charge on any atom is 0.169 e. The fraction of sp³-hybridized carbons (Fsp3) is 0.312. The molecule has 0 spiro atoms. The van der Waals surface area contributed by atoms with Crippen LogP contribution < -0.4 is 5.73 Å². The minimum atomic E-state index is -0.454. The number of rotatable bonds is 4. The van der Waals surface area contributed by atoms with Gasteiger partial charge >= 0.3 is 0 Å². The van der Waals surface area contributed by atoms with Crippen LogP contribution in [-0.4, -0.2) is 9.78 Å². The van der Waals surface area contributed by atoms with Gasteiger partial charge in [-0.2, -0.15) is 5.10 Å². The summed E-state index contributed by atoms with van der Waals surface area (Å²) in [6.07, 6.45) is 0.849. The molecule has 21 heavy (non-hydrogen) atoms. The van der Waals surface area contributed by atoms with Crippen LogP contribution in [0.5, 0.6) is 0 Å². The predicted octanol–water partition coefficient (Wildman–Crippen LogP) is 3.40. The molecule has 0 saturated heterocycles. The van der Waals surface area contributed by atoms with Crippen molar-refractivity contribution in [1.82, 2.24) is 9.78 Å². The summed E-state index contributed by atoms with van der Waals surface area (Å²) in [5, 5.41) is 5.21. The summed E-state index contributed by atoms with van der Waals surface area (Å²) in [7, 11) is 0. The van der Waals surface area contributed by atoms with Gasteiger partial charge in [-0.25, -0.2) is 4.39 Å². The summed E-state index contributed by atoms with van der Waals surface area (Å²) >= 11 is 0. The molecule has 1 aromatic carbocycles. The Morgan fingerprint density at radius 3 is 2.81 bits per heavy atom. The van der Waals surface area contributed by atoms with E-state index in [-0.39, 0.29) is 11.4 Å². The predicted molar refractivity (Wildman–Crippen MR) is 79.5 cm³/mol. The topological polar surface area (TPSA) is 57.0 Å². The molecule has 3 rings (SSSR count). The number of hydrogen-bond acceptors (Lipinski definition) is 3. The molecule has 5 heteroatoms. The smallest absolute Gasteiger partial charge is 0.169 e. The summed E-state index contributed by atoms with van der Waals surface area (Å²) in [5.74, 6) is 0.177. The van der Waals surface area contributed by atoms with Crippen molar-refractivity contribution in [1.29, 1.82) is 0 Å². The first-order valence-electron chi connectivity index (χ1n) is 7.14. The number of para-hydroxylation sites is 1. The van der Waals surface area contributed by atoms with Crippen molar-refractivity contribution >= 4 is 11.0 Å². The molecule has 0 aliphatic heterocycles. The summed E-state index contributed by atoms with van der Waals surface area (Å²) < 4.78 is 21.2. The summed E-state index contributed by atoms with van der Waals surface area (Å²) in [5.41, 5.74) is 8.42. The number of hydrogen-bond donors (Lipinski definition) is 1. The minimum absolute atomic E-state index is 0.251. The molecule has 110 valence electrons. The van der Waals surface area contributed by atoms with E-state index in [4.69, 9.17) is 10.2 Å². The van der Waals surface area contributed by atoms with Crippen molar-refractivity contribution in [2.75, 3.05) is 0 Å². The lowest BCUT2D eigenvalue weighted by molar-refractivity contribution is 0.485. The fourth-order valence-corrected chi connectivity index (χ4v) is 2.51. The highest BCUT2D eigenvalue weighted by atomic mass is 19.1. The Hall–Kier alpha value is -2.14. The van der Waals surface area contributed by atoms with Crippen LogP contribution in [0.15, 0.2) is 34.7 Å². The third-order valence-electron chi connectivity index (χ3n) is 3.66. The van der Waals surface area contributed by atoms with Gasteiger partial charge in [0.2, 0.25) is 0 Å². The summed E-state index contributed by atoms with van der Waals surface area (Å²) in [6.45, 7) is 4.80. The number of furan rings is 1. The Balaban J connectivity index is 2.05. The number of nitrogens with zero attached hydrogens (tertiary/aromatic N) is 2. The third kappa shape index (κ3) is 2.34. The number of benzene rings is 1. The van der Waals surface area contributed by atoms with Crippen LogP contribution in [0.25, 0.3) is 11.0 Å². The Bertz CT molecular complexity index is 775. The van der Waals surface area contributed by atoms with Gasteiger partial charge in [0, 0.05) is 11.9 Å². The standard InChI is InChI=1S/C16H18FN3O/c1-3-11-9-13(20(4-2)19-11)15(18)14-8-10-6-5-7-12(17)16(10)21-14/h5-9,15H,3-4,18H2,1-2H3. The van der Waals surface area contributed by atoms with E-state index in [2.05, 4.69) is 5.10 Å². The maximum absolute atomic E-state index is 13.7. The Morgan fingerprint density at radius 1 is 1.33 bits per heavy atom. The monoisotopic (exact) mass is 287 g/mol. The fourth-order valence-electron chi connectivity index (χ4n) is 2.51. The molecule has 0 bridgehead atoms. The second kappa shape index (κ2) is 5.33. The highest BCUT2D eigenvalue weighted by molar-refractivity contribution is 5.78. The average molecular weight is 287 g/mol.